The zero-order chi connectivity index (χ0) is 10.4. The van der Waals surface area contributed by atoms with Gasteiger partial charge in [0.25, 0.3) is 0 Å². The van der Waals surface area contributed by atoms with E-state index < -0.39 is 0 Å². The molecule has 0 spiro atoms. The van der Waals surface area contributed by atoms with Crippen LogP contribution in [-0.4, -0.2) is 28.1 Å². The van der Waals surface area contributed by atoms with Gasteiger partial charge in [0.15, 0.2) is 0 Å². The van der Waals surface area contributed by atoms with E-state index >= 15 is 0 Å². The summed E-state index contributed by atoms with van der Waals surface area (Å²) >= 11 is 5.33. The van der Waals surface area contributed by atoms with Gasteiger partial charge in [-0.3, -0.25) is 9.48 Å². The zero-order valence-electron chi connectivity index (χ0n) is 8.16. The summed E-state index contributed by atoms with van der Waals surface area (Å²) in [5.41, 5.74) is 1.13. The van der Waals surface area contributed by atoms with Crippen molar-refractivity contribution < 1.29 is 4.79 Å². The van der Waals surface area contributed by atoms with Crippen LogP contribution in [0.5, 0.6) is 0 Å². The van der Waals surface area contributed by atoms with Crippen molar-refractivity contribution in [2.24, 2.45) is 0 Å². The van der Waals surface area contributed by atoms with Gasteiger partial charge in [0.05, 0.1) is 6.20 Å². The van der Waals surface area contributed by atoms with Crippen LogP contribution in [0.4, 0.5) is 0 Å². The first-order valence-corrected chi connectivity index (χ1v) is 5.13. The second-order valence-corrected chi connectivity index (χ2v) is 3.21. The van der Waals surface area contributed by atoms with Gasteiger partial charge in [-0.15, -0.1) is 11.6 Å². The lowest BCUT2D eigenvalue weighted by atomic mass is 10.2. The highest BCUT2D eigenvalue weighted by Gasteiger charge is 1.99. The second kappa shape index (κ2) is 5.65. The first-order chi connectivity index (χ1) is 6.76. The topological polar surface area (TPSA) is 46.9 Å². The maximum atomic E-state index is 10.8. The molecule has 1 rings (SSSR count). The lowest BCUT2D eigenvalue weighted by Crippen LogP contribution is -2.26. The number of hydrogen-bond acceptors (Lipinski definition) is 2. The molecule has 4 nitrogen and oxygen atoms in total. The van der Waals surface area contributed by atoms with Crippen LogP contribution in [0.25, 0.3) is 0 Å². The lowest BCUT2D eigenvalue weighted by molar-refractivity contribution is -0.118. The predicted molar refractivity (Wildman–Crippen MR) is 55.3 cm³/mol. The van der Waals surface area contributed by atoms with E-state index in [4.69, 9.17) is 11.6 Å². The minimum atomic E-state index is -0.130. The molecule has 0 unspecified atom stereocenters. The molecular weight excluding hydrogens is 202 g/mol. The van der Waals surface area contributed by atoms with Crippen molar-refractivity contribution in [3.8, 4) is 0 Å². The monoisotopic (exact) mass is 215 g/mol. The number of rotatable bonds is 5. The normalized spacial score (nSPS) is 10.1. The molecule has 1 N–H and O–H groups in total. The quantitative estimate of drug-likeness (QED) is 0.739. The zero-order valence-corrected chi connectivity index (χ0v) is 8.92. The van der Waals surface area contributed by atoms with Crippen LogP contribution in [0.15, 0.2) is 12.4 Å². The molecule has 0 aliphatic carbocycles. The molecule has 0 atom stereocenters. The number of alkyl halides is 1. The molecule has 78 valence electrons. The molecule has 1 aromatic rings. The number of nitrogens with one attached hydrogen (secondary N) is 1. The summed E-state index contributed by atoms with van der Waals surface area (Å²) in [6.07, 6.45) is 4.59. The Kier molecular flexibility index (Phi) is 4.46. The summed E-state index contributed by atoms with van der Waals surface area (Å²) in [5.74, 6) is -0.108. The summed E-state index contributed by atoms with van der Waals surface area (Å²) in [4.78, 5) is 10.8. The SMILES string of the molecule is CCn1cc(CCNC(=O)CCl)cn1. The Balaban J connectivity index is 2.27. The minimum Gasteiger partial charge on any atom is -0.355 e. The van der Waals surface area contributed by atoms with Crippen molar-refractivity contribution >= 4 is 17.5 Å². The molecule has 1 heterocycles. The third-order valence-electron chi connectivity index (χ3n) is 1.87. The van der Waals surface area contributed by atoms with Gasteiger partial charge in [0.1, 0.15) is 5.88 Å². The molecule has 0 radical (unpaired) electrons. The van der Waals surface area contributed by atoms with E-state index in [2.05, 4.69) is 10.4 Å². The summed E-state index contributed by atoms with van der Waals surface area (Å²) in [6.45, 7) is 3.51. The highest BCUT2D eigenvalue weighted by molar-refractivity contribution is 6.27. The molecule has 14 heavy (non-hydrogen) atoms. The molecule has 0 fully saturated rings. The van der Waals surface area contributed by atoms with Gasteiger partial charge in [0, 0.05) is 19.3 Å². The number of carbonyl (C=O) groups excluding carboxylic acids is 1. The molecule has 0 aromatic carbocycles. The van der Waals surface area contributed by atoms with Gasteiger partial charge >= 0.3 is 0 Å². The van der Waals surface area contributed by atoms with Gasteiger partial charge in [-0.05, 0) is 18.9 Å². The molecule has 0 bridgehead atoms. The Bertz CT molecular complexity index is 298. The number of carbonyl (C=O) groups is 1. The van der Waals surface area contributed by atoms with Crippen LogP contribution in [-0.2, 0) is 17.8 Å². The van der Waals surface area contributed by atoms with Gasteiger partial charge < -0.3 is 5.32 Å². The van der Waals surface area contributed by atoms with Gasteiger partial charge in [-0.2, -0.15) is 5.10 Å². The number of amides is 1. The van der Waals surface area contributed by atoms with E-state index in [-0.39, 0.29) is 11.8 Å². The van der Waals surface area contributed by atoms with Gasteiger partial charge in [-0.1, -0.05) is 0 Å². The molecule has 1 amide bonds. The third-order valence-corrected chi connectivity index (χ3v) is 2.11. The van der Waals surface area contributed by atoms with Crippen molar-refractivity contribution in [3.05, 3.63) is 18.0 Å². The van der Waals surface area contributed by atoms with Gasteiger partial charge in [-0.25, -0.2) is 0 Å². The van der Waals surface area contributed by atoms with E-state index in [0.29, 0.717) is 6.54 Å². The van der Waals surface area contributed by atoms with Crippen LogP contribution in [0.3, 0.4) is 0 Å². The Morgan fingerprint density at radius 2 is 2.50 bits per heavy atom. The number of halogens is 1. The molecule has 1 aromatic heterocycles. The Labute approximate surface area is 88.2 Å². The van der Waals surface area contributed by atoms with Crippen LogP contribution in [0.1, 0.15) is 12.5 Å². The van der Waals surface area contributed by atoms with Gasteiger partial charge in [0.2, 0.25) is 5.91 Å². The first kappa shape index (κ1) is 11.0. The Morgan fingerprint density at radius 3 is 3.07 bits per heavy atom. The van der Waals surface area contributed by atoms with Crippen molar-refractivity contribution in [2.75, 3.05) is 12.4 Å². The van der Waals surface area contributed by atoms with E-state index in [9.17, 15) is 4.79 Å². The summed E-state index contributed by atoms with van der Waals surface area (Å²) in [7, 11) is 0. The fourth-order valence-electron chi connectivity index (χ4n) is 1.10. The van der Waals surface area contributed by atoms with Crippen LogP contribution in [0, 0.1) is 0 Å². The highest BCUT2D eigenvalue weighted by atomic mass is 35.5. The van der Waals surface area contributed by atoms with Crippen LogP contribution < -0.4 is 5.32 Å². The molecule has 0 aliphatic heterocycles. The Hall–Kier alpha value is -1.03. The minimum absolute atomic E-state index is 0.0220. The number of aromatic nitrogens is 2. The average molecular weight is 216 g/mol. The maximum absolute atomic E-state index is 10.8. The Morgan fingerprint density at radius 1 is 1.71 bits per heavy atom. The van der Waals surface area contributed by atoms with Crippen molar-refractivity contribution in [2.45, 2.75) is 19.9 Å². The van der Waals surface area contributed by atoms with Crippen molar-refractivity contribution in [1.29, 1.82) is 0 Å². The fraction of sp³-hybridized carbons (Fsp3) is 0.556. The average Bonchev–Trinajstić information content (AvgIpc) is 2.65. The maximum Gasteiger partial charge on any atom is 0.234 e. The molecular formula is C9H14ClN3O. The van der Waals surface area contributed by atoms with Crippen LogP contribution >= 0.6 is 11.6 Å². The van der Waals surface area contributed by atoms with E-state index in [1.54, 1.807) is 0 Å². The van der Waals surface area contributed by atoms with Crippen LogP contribution in [0.2, 0.25) is 0 Å². The summed E-state index contributed by atoms with van der Waals surface area (Å²) < 4.78 is 1.86. The smallest absolute Gasteiger partial charge is 0.234 e. The van der Waals surface area contributed by atoms with E-state index in [0.717, 1.165) is 18.5 Å². The standard InChI is InChI=1S/C9H14ClN3O/c1-2-13-7-8(6-12-13)3-4-11-9(14)5-10/h6-7H,2-5H2,1H3,(H,11,14). The summed E-state index contributed by atoms with van der Waals surface area (Å²) in [5, 5.41) is 6.83. The van der Waals surface area contributed by atoms with Crippen molar-refractivity contribution in [3.63, 3.8) is 0 Å². The second-order valence-electron chi connectivity index (χ2n) is 2.94. The summed E-state index contributed by atoms with van der Waals surface area (Å²) in [6, 6.07) is 0. The molecule has 0 saturated carbocycles. The van der Waals surface area contributed by atoms with E-state index in [1.807, 2.05) is 24.0 Å². The number of hydrogen-bond donors (Lipinski definition) is 1. The largest absolute Gasteiger partial charge is 0.355 e. The number of aryl methyl sites for hydroxylation is 1. The van der Waals surface area contributed by atoms with E-state index in [1.165, 1.54) is 0 Å². The molecule has 0 aliphatic rings. The van der Waals surface area contributed by atoms with Crippen molar-refractivity contribution in [1.82, 2.24) is 15.1 Å². The molecule has 0 saturated heterocycles. The fourth-order valence-corrected chi connectivity index (χ4v) is 1.20. The third kappa shape index (κ3) is 3.38. The molecule has 5 heteroatoms. The lowest BCUT2D eigenvalue weighted by Gasteiger charge is -2.00. The number of nitrogens with zero attached hydrogens (tertiary/aromatic N) is 2. The predicted octanol–water partition coefficient (Wildman–Crippen LogP) is 0.800. The highest BCUT2D eigenvalue weighted by Crippen LogP contribution is 1.97. The first-order valence-electron chi connectivity index (χ1n) is 4.60.